The fourth-order valence-electron chi connectivity index (χ4n) is 4.25. The van der Waals surface area contributed by atoms with Crippen molar-refractivity contribution in [1.82, 2.24) is 14.8 Å². The van der Waals surface area contributed by atoms with Crippen LogP contribution < -0.4 is 4.74 Å². The lowest BCUT2D eigenvalue weighted by Crippen LogP contribution is -2.02. The third-order valence-corrected chi connectivity index (χ3v) is 6.33. The van der Waals surface area contributed by atoms with Crippen LogP contribution in [-0.4, -0.2) is 25.8 Å². The summed E-state index contributed by atoms with van der Waals surface area (Å²) >= 11 is 0. The molecule has 0 saturated heterocycles. The van der Waals surface area contributed by atoms with E-state index in [1.807, 2.05) is 103 Å². The van der Waals surface area contributed by atoms with Crippen LogP contribution >= 0.6 is 0 Å². The zero-order chi connectivity index (χ0) is 26.3. The van der Waals surface area contributed by atoms with E-state index in [4.69, 9.17) is 19.4 Å². The minimum Gasteiger partial charge on any atom is -0.487 e. The van der Waals surface area contributed by atoms with E-state index in [2.05, 4.69) is 4.98 Å². The lowest BCUT2D eigenvalue weighted by Gasteiger charge is -2.07. The number of hydrogen-bond acceptors (Lipinski definition) is 5. The normalized spacial score (nSPS) is 11.0. The van der Waals surface area contributed by atoms with Gasteiger partial charge < -0.3 is 14.3 Å². The number of hydrogen-bond donors (Lipinski definition) is 1. The number of aliphatic carboxylic acids is 1. The molecule has 38 heavy (non-hydrogen) atoms. The van der Waals surface area contributed by atoms with E-state index in [0.29, 0.717) is 25.5 Å². The summed E-state index contributed by atoms with van der Waals surface area (Å²) in [6.07, 6.45) is 3.28. The largest absolute Gasteiger partial charge is 0.487 e. The van der Waals surface area contributed by atoms with E-state index in [9.17, 15) is 4.79 Å². The number of benzene rings is 3. The lowest BCUT2D eigenvalue weighted by atomic mass is 10.0. The van der Waals surface area contributed by atoms with Crippen molar-refractivity contribution in [3.05, 3.63) is 114 Å². The molecule has 192 valence electrons. The molecule has 0 aliphatic heterocycles. The zero-order valence-corrected chi connectivity index (χ0v) is 21.2. The maximum absolute atomic E-state index is 11.1. The average molecular weight is 508 g/mol. The molecule has 0 spiro atoms. The van der Waals surface area contributed by atoms with Crippen molar-refractivity contribution >= 4 is 5.97 Å². The van der Waals surface area contributed by atoms with E-state index in [-0.39, 0.29) is 6.42 Å². The van der Waals surface area contributed by atoms with Gasteiger partial charge in [0.15, 0.2) is 0 Å². The van der Waals surface area contributed by atoms with Gasteiger partial charge in [0.2, 0.25) is 5.89 Å². The van der Waals surface area contributed by atoms with Crippen molar-refractivity contribution in [3.63, 3.8) is 0 Å². The highest BCUT2D eigenvalue weighted by Gasteiger charge is 2.14. The molecule has 5 rings (SSSR count). The van der Waals surface area contributed by atoms with Gasteiger partial charge in [-0.15, -0.1) is 0 Å². The van der Waals surface area contributed by atoms with Crippen molar-refractivity contribution in [2.24, 2.45) is 0 Å². The Hall–Kier alpha value is -4.65. The number of aromatic nitrogens is 3. The molecule has 0 saturated carbocycles. The second kappa shape index (κ2) is 11.6. The molecule has 0 unspecified atom stereocenters. The molecule has 5 aromatic rings. The van der Waals surface area contributed by atoms with Crippen LogP contribution in [0.4, 0.5) is 0 Å². The maximum Gasteiger partial charge on any atom is 0.303 e. The third-order valence-electron chi connectivity index (χ3n) is 6.33. The highest BCUT2D eigenvalue weighted by molar-refractivity contribution is 5.68. The highest BCUT2D eigenvalue weighted by Crippen LogP contribution is 2.25. The molecule has 1 N–H and O–H groups in total. The number of ether oxygens (including phenoxy) is 1. The van der Waals surface area contributed by atoms with Crippen LogP contribution in [0, 0.1) is 6.92 Å². The van der Waals surface area contributed by atoms with E-state index in [1.54, 1.807) is 0 Å². The van der Waals surface area contributed by atoms with Gasteiger partial charge in [0, 0.05) is 30.3 Å². The molecule has 0 bridgehead atoms. The van der Waals surface area contributed by atoms with Crippen LogP contribution in [0.5, 0.6) is 5.75 Å². The first-order valence-electron chi connectivity index (χ1n) is 12.6. The van der Waals surface area contributed by atoms with Gasteiger partial charge in [-0.1, -0.05) is 60.7 Å². The summed E-state index contributed by atoms with van der Waals surface area (Å²) in [6.45, 7) is 2.91. The van der Waals surface area contributed by atoms with Crippen LogP contribution in [-0.2, 0) is 30.8 Å². The van der Waals surface area contributed by atoms with Crippen LogP contribution in [0.15, 0.2) is 95.5 Å². The number of carboxylic acids is 1. The van der Waals surface area contributed by atoms with Crippen LogP contribution in [0.2, 0.25) is 0 Å². The summed E-state index contributed by atoms with van der Waals surface area (Å²) in [4.78, 5) is 15.7. The molecule has 7 nitrogen and oxygen atoms in total. The second-order valence-corrected chi connectivity index (χ2v) is 9.10. The molecule has 0 aliphatic rings. The predicted molar refractivity (Wildman–Crippen MR) is 145 cm³/mol. The van der Waals surface area contributed by atoms with Gasteiger partial charge in [-0.3, -0.25) is 9.48 Å². The Kier molecular flexibility index (Phi) is 7.64. The van der Waals surface area contributed by atoms with Gasteiger partial charge in [0.05, 0.1) is 5.69 Å². The van der Waals surface area contributed by atoms with Crippen LogP contribution in [0.3, 0.4) is 0 Å². The van der Waals surface area contributed by atoms with Gasteiger partial charge in [-0.25, -0.2) is 4.98 Å². The number of rotatable bonds is 11. The summed E-state index contributed by atoms with van der Waals surface area (Å²) in [6, 6.07) is 27.7. The molecule has 0 radical (unpaired) electrons. The molecule has 0 atom stereocenters. The van der Waals surface area contributed by atoms with Crippen LogP contribution in [0.1, 0.15) is 29.0 Å². The fraction of sp³-hybridized carbons (Fsp3) is 0.194. The third kappa shape index (κ3) is 6.18. The average Bonchev–Trinajstić information content (AvgIpc) is 3.54. The second-order valence-electron chi connectivity index (χ2n) is 9.10. The quantitative estimate of drug-likeness (QED) is 0.224. The molecular weight excluding hydrogens is 478 g/mol. The Labute approximate surface area is 221 Å². The smallest absolute Gasteiger partial charge is 0.303 e. The number of carbonyl (C=O) groups is 1. The minimum absolute atomic E-state index is 0.0778. The van der Waals surface area contributed by atoms with E-state index in [0.717, 1.165) is 51.6 Å². The summed E-state index contributed by atoms with van der Waals surface area (Å²) in [5, 5.41) is 13.9. The van der Waals surface area contributed by atoms with Gasteiger partial charge in [-0.2, -0.15) is 5.10 Å². The van der Waals surface area contributed by atoms with E-state index >= 15 is 0 Å². The Bertz CT molecular complexity index is 1490. The van der Waals surface area contributed by atoms with Crippen molar-refractivity contribution < 1.29 is 19.1 Å². The SMILES string of the molecule is Cc1oc(-c2ccccc2)nc1COc1ccc(CCn2cc(CCC(=O)O)c(-c3ccccc3)n2)cc1. The topological polar surface area (TPSA) is 90.4 Å². The van der Waals surface area contributed by atoms with Crippen molar-refractivity contribution in [2.45, 2.75) is 39.3 Å². The Balaban J connectivity index is 1.20. The molecule has 2 heterocycles. The summed E-state index contributed by atoms with van der Waals surface area (Å²) in [7, 11) is 0. The van der Waals surface area contributed by atoms with Crippen LogP contribution in [0.25, 0.3) is 22.7 Å². The summed E-state index contributed by atoms with van der Waals surface area (Å²) < 4.78 is 13.7. The lowest BCUT2D eigenvalue weighted by molar-refractivity contribution is -0.136. The number of nitrogens with zero attached hydrogens (tertiary/aromatic N) is 3. The first-order valence-corrected chi connectivity index (χ1v) is 12.6. The monoisotopic (exact) mass is 507 g/mol. The van der Waals surface area contributed by atoms with Crippen molar-refractivity contribution in [1.29, 1.82) is 0 Å². The molecule has 0 aliphatic carbocycles. The van der Waals surface area contributed by atoms with Crippen molar-refractivity contribution in [3.8, 4) is 28.5 Å². The predicted octanol–water partition coefficient (Wildman–Crippen LogP) is 6.35. The first-order chi connectivity index (χ1) is 18.5. The Morgan fingerprint density at radius 1 is 0.921 bits per heavy atom. The van der Waals surface area contributed by atoms with Gasteiger partial charge >= 0.3 is 5.97 Å². The van der Waals surface area contributed by atoms with Gasteiger partial charge in [-0.05, 0) is 55.2 Å². The maximum atomic E-state index is 11.1. The number of carboxylic acid groups (broad SMARTS) is 1. The van der Waals surface area contributed by atoms with E-state index < -0.39 is 5.97 Å². The van der Waals surface area contributed by atoms with Crippen molar-refractivity contribution in [2.75, 3.05) is 0 Å². The summed E-state index contributed by atoms with van der Waals surface area (Å²) in [5.74, 6) is 1.29. The minimum atomic E-state index is -0.811. The molecule has 3 aromatic carbocycles. The number of aryl methyl sites for hydroxylation is 4. The Morgan fingerprint density at radius 2 is 1.61 bits per heavy atom. The highest BCUT2D eigenvalue weighted by atomic mass is 16.5. The standard InChI is InChI=1S/C31H29N3O4/c1-22-28(32-31(38-22)25-10-6-3-7-11-25)21-37-27-15-12-23(13-16-27)18-19-34-20-26(14-17-29(35)36)30(33-34)24-8-4-2-5-9-24/h2-13,15-16,20H,14,17-19,21H2,1H3,(H,35,36). The summed E-state index contributed by atoms with van der Waals surface area (Å²) in [5.41, 5.74) is 5.65. The Morgan fingerprint density at radius 3 is 2.29 bits per heavy atom. The zero-order valence-electron chi connectivity index (χ0n) is 21.2. The number of oxazole rings is 1. The van der Waals surface area contributed by atoms with Gasteiger partial charge in [0.1, 0.15) is 23.8 Å². The fourth-order valence-corrected chi connectivity index (χ4v) is 4.25. The molecule has 0 fully saturated rings. The molecule has 0 amide bonds. The van der Waals surface area contributed by atoms with Gasteiger partial charge in [0.25, 0.3) is 0 Å². The molecular formula is C31H29N3O4. The first kappa shape index (κ1) is 25.0. The molecule has 2 aromatic heterocycles. The van der Waals surface area contributed by atoms with E-state index in [1.165, 1.54) is 0 Å². The molecule has 7 heteroatoms.